The number of aromatic nitrogens is 2. The van der Waals surface area contributed by atoms with E-state index in [0.717, 1.165) is 18.2 Å². The maximum atomic E-state index is 13.0. The van der Waals surface area contributed by atoms with Crippen molar-refractivity contribution in [3.05, 3.63) is 79.4 Å². The van der Waals surface area contributed by atoms with E-state index in [0.29, 0.717) is 29.7 Å². The largest absolute Gasteiger partial charge is 0.416 e. The normalized spacial score (nSPS) is 15.1. The molecule has 0 unspecified atom stereocenters. The summed E-state index contributed by atoms with van der Waals surface area (Å²) < 4.78 is 40.5. The fraction of sp³-hybridized carbons (Fsp3) is 0.200. The Balaban J connectivity index is 1.86. The second kappa shape index (κ2) is 6.54. The van der Waals surface area contributed by atoms with Gasteiger partial charge in [-0.05, 0) is 48.8 Å². The molecule has 1 aliphatic rings. The van der Waals surface area contributed by atoms with Gasteiger partial charge in [-0.15, -0.1) is 0 Å². The predicted octanol–water partition coefficient (Wildman–Crippen LogP) is 4.58. The molecular formula is C20H14F3N3O3. The molecule has 0 aliphatic carbocycles. The Morgan fingerprint density at radius 2 is 1.97 bits per heavy atom. The summed E-state index contributed by atoms with van der Waals surface area (Å²) in [6.07, 6.45) is -2.41. The molecule has 2 heterocycles. The lowest BCUT2D eigenvalue weighted by molar-refractivity contribution is -0.385. The van der Waals surface area contributed by atoms with Crippen LogP contribution in [-0.4, -0.2) is 14.5 Å². The Morgan fingerprint density at radius 1 is 1.21 bits per heavy atom. The minimum Gasteiger partial charge on any atom is -0.292 e. The number of aryl methyl sites for hydroxylation is 1. The molecule has 1 aromatic heterocycles. The molecule has 0 fully saturated rings. The molecule has 1 aliphatic heterocycles. The molecule has 9 heteroatoms. The SMILES string of the molecule is Cc1ccc(/C=C2\CCn3c2nc2cc(C(F)(F)F)ccc2c3=O)cc1[N+](=O)[O-]. The fourth-order valence-corrected chi connectivity index (χ4v) is 3.44. The van der Waals surface area contributed by atoms with Crippen LogP contribution in [0.25, 0.3) is 22.6 Å². The van der Waals surface area contributed by atoms with Crippen LogP contribution in [0.1, 0.15) is 28.9 Å². The van der Waals surface area contributed by atoms with Crippen molar-refractivity contribution in [2.24, 2.45) is 0 Å². The van der Waals surface area contributed by atoms with Gasteiger partial charge in [0, 0.05) is 18.2 Å². The van der Waals surface area contributed by atoms with Crippen LogP contribution in [0, 0.1) is 17.0 Å². The summed E-state index contributed by atoms with van der Waals surface area (Å²) in [5.74, 6) is 0.282. The molecule has 0 amide bonds. The molecule has 0 spiro atoms. The van der Waals surface area contributed by atoms with Crippen LogP contribution in [0.4, 0.5) is 18.9 Å². The number of fused-ring (bicyclic) bond motifs is 2. The summed E-state index contributed by atoms with van der Waals surface area (Å²) in [4.78, 5) is 27.7. The molecule has 0 atom stereocenters. The summed E-state index contributed by atoms with van der Waals surface area (Å²) in [6.45, 7) is 1.98. The van der Waals surface area contributed by atoms with Crippen molar-refractivity contribution in [3.63, 3.8) is 0 Å². The van der Waals surface area contributed by atoms with Gasteiger partial charge in [0.15, 0.2) is 0 Å². The number of benzene rings is 2. The van der Waals surface area contributed by atoms with Crippen LogP contribution in [0.5, 0.6) is 0 Å². The maximum absolute atomic E-state index is 13.0. The van der Waals surface area contributed by atoms with Crippen LogP contribution in [0.3, 0.4) is 0 Å². The van der Waals surface area contributed by atoms with Gasteiger partial charge in [0.25, 0.3) is 11.2 Å². The van der Waals surface area contributed by atoms with Crippen molar-refractivity contribution in [3.8, 4) is 0 Å². The summed E-state index contributed by atoms with van der Waals surface area (Å²) in [5, 5.41) is 11.3. The molecule has 2 aromatic carbocycles. The third-order valence-corrected chi connectivity index (χ3v) is 4.95. The number of hydrogen-bond donors (Lipinski definition) is 0. The van der Waals surface area contributed by atoms with Gasteiger partial charge < -0.3 is 0 Å². The van der Waals surface area contributed by atoms with Crippen molar-refractivity contribution >= 4 is 28.2 Å². The Kier molecular flexibility index (Phi) is 4.25. The lowest BCUT2D eigenvalue weighted by Gasteiger charge is -2.09. The van der Waals surface area contributed by atoms with Crippen molar-refractivity contribution in [1.29, 1.82) is 0 Å². The fourth-order valence-electron chi connectivity index (χ4n) is 3.44. The van der Waals surface area contributed by atoms with Crippen LogP contribution in [-0.2, 0) is 12.7 Å². The van der Waals surface area contributed by atoms with Crippen LogP contribution < -0.4 is 5.56 Å². The highest BCUT2D eigenvalue weighted by atomic mass is 19.4. The highest BCUT2D eigenvalue weighted by Gasteiger charge is 2.31. The van der Waals surface area contributed by atoms with Crippen molar-refractivity contribution in [2.75, 3.05) is 0 Å². The highest BCUT2D eigenvalue weighted by Crippen LogP contribution is 2.32. The van der Waals surface area contributed by atoms with Crippen molar-refractivity contribution in [1.82, 2.24) is 9.55 Å². The van der Waals surface area contributed by atoms with E-state index < -0.39 is 22.2 Å². The zero-order chi connectivity index (χ0) is 20.9. The number of alkyl halides is 3. The third-order valence-electron chi connectivity index (χ3n) is 4.95. The second-order valence-electron chi connectivity index (χ2n) is 6.84. The van der Waals surface area contributed by atoms with E-state index in [-0.39, 0.29) is 22.4 Å². The second-order valence-corrected chi connectivity index (χ2v) is 6.84. The van der Waals surface area contributed by atoms with Crippen LogP contribution >= 0.6 is 0 Å². The van der Waals surface area contributed by atoms with Gasteiger partial charge in [-0.2, -0.15) is 13.2 Å². The number of hydrogen-bond acceptors (Lipinski definition) is 4. The minimum atomic E-state index is -4.54. The van der Waals surface area contributed by atoms with Gasteiger partial charge in [0.05, 0.1) is 21.4 Å². The molecule has 29 heavy (non-hydrogen) atoms. The van der Waals surface area contributed by atoms with Gasteiger partial charge in [0.1, 0.15) is 5.82 Å². The first-order valence-corrected chi connectivity index (χ1v) is 8.73. The average molecular weight is 401 g/mol. The summed E-state index contributed by atoms with van der Waals surface area (Å²) >= 11 is 0. The zero-order valence-electron chi connectivity index (χ0n) is 15.2. The molecule has 148 valence electrons. The number of nitro benzene ring substituents is 1. The van der Waals surface area contributed by atoms with Crippen LogP contribution in [0.15, 0.2) is 41.2 Å². The van der Waals surface area contributed by atoms with Gasteiger partial charge >= 0.3 is 6.18 Å². The molecule has 6 nitrogen and oxygen atoms in total. The topological polar surface area (TPSA) is 78.0 Å². The average Bonchev–Trinajstić information content (AvgIpc) is 3.05. The van der Waals surface area contributed by atoms with Gasteiger partial charge in [-0.3, -0.25) is 19.5 Å². The quantitative estimate of drug-likeness (QED) is 0.465. The van der Waals surface area contributed by atoms with E-state index in [4.69, 9.17) is 0 Å². The van der Waals surface area contributed by atoms with Gasteiger partial charge in [0.2, 0.25) is 0 Å². The number of nitrogens with zero attached hydrogens (tertiary/aromatic N) is 3. The smallest absolute Gasteiger partial charge is 0.292 e. The van der Waals surface area contributed by atoms with E-state index in [1.54, 1.807) is 25.1 Å². The Labute approximate surface area is 162 Å². The maximum Gasteiger partial charge on any atom is 0.416 e. The molecule has 0 N–H and O–H groups in total. The number of allylic oxidation sites excluding steroid dienone is 1. The summed E-state index contributed by atoms with van der Waals surface area (Å²) in [5.41, 5.74) is 0.374. The Morgan fingerprint density at radius 3 is 2.66 bits per heavy atom. The van der Waals surface area contributed by atoms with E-state index in [9.17, 15) is 28.1 Å². The first kappa shape index (κ1) is 18.9. The molecule has 0 saturated heterocycles. The third kappa shape index (κ3) is 3.28. The highest BCUT2D eigenvalue weighted by molar-refractivity contribution is 5.85. The zero-order valence-corrected chi connectivity index (χ0v) is 15.2. The van der Waals surface area contributed by atoms with E-state index >= 15 is 0 Å². The standard InChI is InChI=1S/C20H14F3N3O3/c1-11-2-3-12(9-17(11)26(28)29)8-13-6-7-25-18(13)24-16-10-14(20(21,22)23)4-5-15(16)19(25)27/h2-5,8-10H,6-7H2,1H3/b13-8+. The monoisotopic (exact) mass is 401 g/mol. The Bertz CT molecular complexity index is 1260. The van der Waals surface area contributed by atoms with Crippen molar-refractivity contribution in [2.45, 2.75) is 26.1 Å². The molecule has 0 bridgehead atoms. The van der Waals surface area contributed by atoms with Crippen LogP contribution in [0.2, 0.25) is 0 Å². The number of rotatable bonds is 2. The molecule has 4 rings (SSSR count). The molecule has 3 aromatic rings. The molecular weight excluding hydrogens is 387 g/mol. The predicted molar refractivity (Wildman–Crippen MR) is 101 cm³/mol. The number of nitro groups is 1. The van der Waals surface area contributed by atoms with E-state index in [1.807, 2.05) is 0 Å². The first-order valence-electron chi connectivity index (χ1n) is 8.73. The minimum absolute atomic E-state index is 0.0289. The molecule has 0 saturated carbocycles. The van der Waals surface area contributed by atoms with Gasteiger partial charge in [-0.25, -0.2) is 4.98 Å². The first-order chi connectivity index (χ1) is 13.6. The molecule has 0 radical (unpaired) electrons. The van der Waals surface area contributed by atoms with E-state index in [1.165, 1.54) is 10.6 Å². The lowest BCUT2D eigenvalue weighted by Crippen LogP contribution is -2.21. The van der Waals surface area contributed by atoms with Gasteiger partial charge in [-0.1, -0.05) is 12.1 Å². The summed E-state index contributed by atoms with van der Waals surface area (Å²) in [6, 6.07) is 7.63. The number of halogens is 3. The lowest BCUT2D eigenvalue weighted by atomic mass is 10.1. The van der Waals surface area contributed by atoms with Crippen molar-refractivity contribution < 1.29 is 18.1 Å². The summed E-state index contributed by atoms with van der Waals surface area (Å²) in [7, 11) is 0. The Hall–Kier alpha value is -3.49. The van der Waals surface area contributed by atoms with E-state index in [2.05, 4.69) is 4.98 Å².